The van der Waals surface area contributed by atoms with Crippen LogP contribution in [0.5, 0.6) is 0 Å². The fourth-order valence-electron chi connectivity index (χ4n) is 3.15. The molecule has 6 heteroatoms. The second kappa shape index (κ2) is 7.15. The quantitative estimate of drug-likeness (QED) is 0.881. The number of ether oxygens (including phenoxy) is 1. The Morgan fingerprint density at radius 3 is 2.83 bits per heavy atom. The SMILES string of the molecule is C[C@H]1CN(c2cccc(C3=CCC(NC(=O)CN)=N3)c2)C[C@H](C)O1. The number of nitrogens with two attached hydrogens (primary N) is 1. The van der Waals surface area contributed by atoms with Crippen LogP contribution in [0.2, 0.25) is 0 Å². The largest absolute Gasteiger partial charge is 0.372 e. The zero-order valence-corrected chi connectivity index (χ0v) is 14.2. The first-order valence-electron chi connectivity index (χ1n) is 8.33. The fraction of sp³-hybridized carbons (Fsp3) is 0.444. The van der Waals surface area contributed by atoms with Crippen LogP contribution in [0.4, 0.5) is 5.69 Å². The zero-order chi connectivity index (χ0) is 17.1. The molecular weight excluding hydrogens is 304 g/mol. The number of nitrogens with one attached hydrogen (secondary N) is 1. The Bertz CT molecular complexity index is 673. The third kappa shape index (κ3) is 3.83. The summed E-state index contributed by atoms with van der Waals surface area (Å²) in [7, 11) is 0. The van der Waals surface area contributed by atoms with E-state index in [1.807, 2.05) is 18.2 Å². The second-order valence-electron chi connectivity index (χ2n) is 6.32. The highest BCUT2D eigenvalue weighted by atomic mass is 16.5. The standard InChI is InChI=1S/C18H24N4O2/c1-12-10-22(11-13(2)24-12)15-5-3-4-14(8-15)16-6-7-17(20-16)21-18(23)9-19/h3-6,8,12-13H,7,9-11,19H2,1-2H3,(H,20,21,23)/t12-,13-/m0/s1. The van der Waals surface area contributed by atoms with Gasteiger partial charge in [-0.15, -0.1) is 0 Å². The van der Waals surface area contributed by atoms with Crippen molar-refractivity contribution in [2.24, 2.45) is 10.7 Å². The number of nitrogens with zero attached hydrogens (tertiary/aromatic N) is 2. The van der Waals surface area contributed by atoms with Gasteiger partial charge in [0.1, 0.15) is 5.84 Å². The molecule has 0 radical (unpaired) electrons. The van der Waals surface area contributed by atoms with E-state index in [-0.39, 0.29) is 24.7 Å². The summed E-state index contributed by atoms with van der Waals surface area (Å²) >= 11 is 0. The van der Waals surface area contributed by atoms with Gasteiger partial charge in [-0.2, -0.15) is 0 Å². The van der Waals surface area contributed by atoms with Crippen LogP contribution in [0.3, 0.4) is 0 Å². The third-order valence-electron chi connectivity index (χ3n) is 4.14. The molecule has 0 saturated carbocycles. The van der Waals surface area contributed by atoms with Gasteiger partial charge in [0.25, 0.3) is 0 Å². The van der Waals surface area contributed by atoms with E-state index in [1.165, 1.54) is 5.69 Å². The lowest BCUT2D eigenvalue weighted by Crippen LogP contribution is -2.45. The monoisotopic (exact) mass is 328 g/mol. The van der Waals surface area contributed by atoms with Crippen molar-refractivity contribution in [3.05, 3.63) is 35.9 Å². The molecule has 1 aromatic rings. The van der Waals surface area contributed by atoms with E-state index in [9.17, 15) is 4.79 Å². The number of hydrogen-bond donors (Lipinski definition) is 2. The van der Waals surface area contributed by atoms with Crippen molar-refractivity contribution in [1.82, 2.24) is 5.32 Å². The zero-order valence-electron chi connectivity index (χ0n) is 14.2. The molecule has 1 aromatic carbocycles. The number of rotatable bonds is 3. The van der Waals surface area contributed by atoms with Crippen LogP contribution in [-0.4, -0.2) is 43.6 Å². The summed E-state index contributed by atoms with van der Waals surface area (Å²) in [4.78, 5) is 18.2. The molecule has 6 nitrogen and oxygen atoms in total. The number of hydrogen-bond acceptors (Lipinski definition) is 5. The van der Waals surface area contributed by atoms with Gasteiger partial charge in [0.15, 0.2) is 0 Å². The molecular formula is C18H24N4O2. The summed E-state index contributed by atoms with van der Waals surface area (Å²) in [5.41, 5.74) is 8.43. The molecule has 0 spiro atoms. The van der Waals surface area contributed by atoms with Gasteiger partial charge in [0.2, 0.25) is 5.91 Å². The number of carbonyl (C=O) groups is 1. The van der Waals surface area contributed by atoms with Gasteiger partial charge in [-0.1, -0.05) is 18.2 Å². The van der Waals surface area contributed by atoms with Crippen molar-refractivity contribution in [3.8, 4) is 0 Å². The summed E-state index contributed by atoms with van der Waals surface area (Å²) in [6, 6.07) is 8.35. The third-order valence-corrected chi connectivity index (χ3v) is 4.14. The number of amidine groups is 1. The first-order valence-corrected chi connectivity index (χ1v) is 8.33. The minimum absolute atomic E-state index is 0.0305. The normalized spacial score (nSPS) is 23.7. The molecule has 128 valence electrons. The number of benzene rings is 1. The average Bonchev–Trinajstić information content (AvgIpc) is 3.02. The molecule has 3 N–H and O–H groups in total. The van der Waals surface area contributed by atoms with Gasteiger partial charge >= 0.3 is 0 Å². The molecule has 2 atom stereocenters. The highest BCUT2D eigenvalue weighted by Gasteiger charge is 2.23. The Morgan fingerprint density at radius 2 is 2.12 bits per heavy atom. The van der Waals surface area contributed by atoms with Crippen LogP contribution < -0.4 is 16.0 Å². The number of aliphatic imine (C=N–C) groups is 1. The predicted octanol–water partition coefficient (Wildman–Crippen LogP) is 1.52. The van der Waals surface area contributed by atoms with Crippen molar-refractivity contribution >= 4 is 23.1 Å². The molecule has 0 aromatic heterocycles. The van der Waals surface area contributed by atoms with Crippen molar-refractivity contribution in [2.45, 2.75) is 32.5 Å². The van der Waals surface area contributed by atoms with Crippen molar-refractivity contribution in [2.75, 3.05) is 24.5 Å². The van der Waals surface area contributed by atoms with Gasteiger partial charge in [-0.25, -0.2) is 4.99 Å². The molecule has 2 aliphatic heterocycles. The maximum Gasteiger partial charge on any atom is 0.239 e. The minimum Gasteiger partial charge on any atom is -0.372 e. The summed E-state index contributed by atoms with van der Waals surface area (Å²) in [6.07, 6.45) is 3.09. The molecule has 0 bridgehead atoms. The van der Waals surface area contributed by atoms with Crippen LogP contribution >= 0.6 is 0 Å². The molecule has 1 amide bonds. The molecule has 2 aliphatic rings. The van der Waals surface area contributed by atoms with E-state index in [1.54, 1.807) is 0 Å². The molecule has 0 aliphatic carbocycles. The Hall–Kier alpha value is -2.18. The lowest BCUT2D eigenvalue weighted by atomic mass is 10.1. The number of amides is 1. The van der Waals surface area contributed by atoms with Crippen molar-refractivity contribution < 1.29 is 9.53 Å². The first kappa shape index (κ1) is 16.7. The highest BCUT2D eigenvalue weighted by molar-refractivity contribution is 6.04. The summed E-state index contributed by atoms with van der Waals surface area (Å²) in [6.45, 7) is 5.94. The molecule has 24 heavy (non-hydrogen) atoms. The summed E-state index contributed by atoms with van der Waals surface area (Å²) in [5.74, 6) is 0.438. The topological polar surface area (TPSA) is 80.0 Å². The van der Waals surface area contributed by atoms with Crippen LogP contribution in [0.15, 0.2) is 35.3 Å². The molecule has 0 unspecified atom stereocenters. The highest BCUT2D eigenvalue weighted by Crippen LogP contribution is 2.27. The van der Waals surface area contributed by atoms with Gasteiger partial charge in [-0.3, -0.25) is 4.79 Å². The van der Waals surface area contributed by atoms with Crippen LogP contribution in [0.25, 0.3) is 5.70 Å². The van der Waals surface area contributed by atoms with Crippen LogP contribution in [0.1, 0.15) is 25.8 Å². The molecule has 2 heterocycles. The summed E-state index contributed by atoms with van der Waals surface area (Å²) in [5, 5.41) is 2.72. The Kier molecular flexibility index (Phi) is 4.97. The molecule has 3 rings (SSSR count). The van der Waals surface area contributed by atoms with Crippen molar-refractivity contribution in [1.29, 1.82) is 0 Å². The maximum atomic E-state index is 11.4. The Morgan fingerprint density at radius 1 is 1.38 bits per heavy atom. The van der Waals surface area contributed by atoms with Gasteiger partial charge in [0, 0.05) is 30.8 Å². The number of carbonyl (C=O) groups excluding carboxylic acids is 1. The maximum absolute atomic E-state index is 11.4. The Labute approximate surface area is 142 Å². The van der Waals surface area contributed by atoms with E-state index in [4.69, 9.17) is 10.5 Å². The van der Waals surface area contributed by atoms with E-state index in [0.717, 1.165) is 24.4 Å². The van der Waals surface area contributed by atoms with E-state index < -0.39 is 0 Å². The number of anilines is 1. The lowest BCUT2D eigenvalue weighted by molar-refractivity contribution is -0.118. The van der Waals surface area contributed by atoms with E-state index in [2.05, 4.69) is 41.2 Å². The van der Waals surface area contributed by atoms with Crippen LogP contribution in [-0.2, 0) is 9.53 Å². The Balaban J connectivity index is 1.75. The van der Waals surface area contributed by atoms with Gasteiger partial charge < -0.3 is 20.7 Å². The van der Waals surface area contributed by atoms with Gasteiger partial charge in [0.05, 0.1) is 24.4 Å². The smallest absolute Gasteiger partial charge is 0.239 e. The fourth-order valence-corrected chi connectivity index (χ4v) is 3.15. The van der Waals surface area contributed by atoms with Crippen LogP contribution in [0, 0.1) is 0 Å². The van der Waals surface area contributed by atoms with E-state index >= 15 is 0 Å². The van der Waals surface area contributed by atoms with E-state index in [0.29, 0.717) is 12.3 Å². The first-order chi connectivity index (χ1) is 11.5. The number of morpholine rings is 1. The molecule has 1 fully saturated rings. The van der Waals surface area contributed by atoms with Gasteiger partial charge in [-0.05, 0) is 26.0 Å². The average molecular weight is 328 g/mol. The lowest BCUT2D eigenvalue weighted by Gasteiger charge is -2.37. The molecule has 1 saturated heterocycles. The predicted molar refractivity (Wildman–Crippen MR) is 95.9 cm³/mol. The second-order valence-corrected chi connectivity index (χ2v) is 6.32. The minimum atomic E-state index is -0.214. The summed E-state index contributed by atoms with van der Waals surface area (Å²) < 4.78 is 5.80. The van der Waals surface area contributed by atoms with Crippen molar-refractivity contribution in [3.63, 3.8) is 0 Å².